The van der Waals surface area contributed by atoms with E-state index in [0.29, 0.717) is 13.0 Å². The largest absolute Gasteiger partial charge is 0.467 e. The molecule has 6 atom stereocenters. The fraction of sp³-hybridized carbons (Fsp3) is 0.280. The van der Waals surface area contributed by atoms with Crippen LogP contribution in [0.3, 0.4) is 0 Å². The molecular weight excluding hydrogens is 739 g/mol. The minimum Gasteiger partial charge on any atom is -0.467 e. The first-order valence-electron chi connectivity index (χ1n) is 20.2. The lowest BCUT2D eigenvalue weighted by Gasteiger charge is -2.43. The summed E-state index contributed by atoms with van der Waals surface area (Å²) in [5.41, 5.74) is 7.90. The molecule has 0 spiro atoms. The minimum absolute atomic E-state index is 0.0130. The van der Waals surface area contributed by atoms with E-state index in [1.165, 1.54) is 23.4 Å². The first-order chi connectivity index (χ1) is 28.7. The average molecular weight is 792 g/mol. The number of amides is 2. The predicted octanol–water partition coefficient (Wildman–Crippen LogP) is 9.07. The summed E-state index contributed by atoms with van der Waals surface area (Å²) < 4.78 is 18.5. The molecule has 1 aliphatic rings. The third kappa shape index (κ3) is 10.2. The Balaban J connectivity index is 1.04. The third-order valence-corrected chi connectivity index (χ3v) is 11.5. The topological polar surface area (TPSA) is 109 Å². The van der Waals surface area contributed by atoms with E-state index in [9.17, 15) is 14.7 Å². The van der Waals surface area contributed by atoms with Gasteiger partial charge in [0.05, 0.1) is 25.9 Å². The van der Waals surface area contributed by atoms with Crippen molar-refractivity contribution in [3.05, 3.63) is 179 Å². The zero-order valence-electron chi connectivity index (χ0n) is 34.1. The number of likely N-dealkylation sites (N-methyl/N-ethyl adjacent to an activating group) is 1. The van der Waals surface area contributed by atoms with Gasteiger partial charge < -0.3 is 30.0 Å². The number of benzene rings is 6. The van der Waals surface area contributed by atoms with E-state index in [4.69, 9.17) is 14.2 Å². The summed E-state index contributed by atoms with van der Waals surface area (Å²) in [6, 6.07) is 47.8. The normalized spacial score (nSPS) is 18.9. The second-order valence-electron chi connectivity index (χ2n) is 15.5. The molecule has 1 heterocycles. The second kappa shape index (κ2) is 19.3. The fourth-order valence-corrected chi connectivity index (χ4v) is 7.76. The number of fused-ring (bicyclic) bond motifs is 1. The lowest BCUT2D eigenvalue weighted by molar-refractivity contribution is -0.276. The van der Waals surface area contributed by atoms with Crippen LogP contribution in [0.5, 0.6) is 0 Å². The molecule has 304 valence electrons. The summed E-state index contributed by atoms with van der Waals surface area (Å²) in [6.07, 6.45) is -0.629. The van der Waals surface area contributed by atoms with Crippen molar-refractivity contribution < 1.29 is 28.9 Å². The van der Waals surface area contributed by atoms with Crippen LogP contribution in [0.25, 0.3) is 21.9 Å². The number of aliphatic hydroxyl groups excluding tert-OH is 1. The van der Waals surface area contributed by atoms with Crippen molar-refractivity contribution in [2.24, 2.45) is 5.92 Å². The number of carbonyl (C=O) groups excluding carboxylic acids is 2. The van der Waals surface area contributed by atoms with Crippen molar-refractivity contribution in [1.82, 2.24) is 15.5 Å². The lowest BCUT2D eigenvalue weighted by atomic mass is 9.89. The van der Waals surface area contributed by atoms with Gasteiger partial charge in [-0.3, -0.25) is 4.90 Å². The van der Waals surface area contributed by atoms with Gasteiger partial charge in [-0.25, -0.2) is 9.59 Å². The number of esters is 1. The second-order valence-corrected chi connectivity index (χ2v) is 15.5. The fourth-order valence-electron chi connectivity index (χ4n) is 7.76. The summed E-state index contributed by atoms with van der Waals surface area (Å²) in [7, 11) is 3.47. The smallest absolute Gasteiger partial charge is 0.328 e. The number of nitrogens with one attached hydrogen (secondary N) is 2. The number of nitrogens with zero attached hydrogens (tertiary/aromatic N) is 1. The number of hydrogen-bond acceptors (Lipinski definition) is 7. The van der Waals surface area contributed by atoms with Crippen LogP contribution in [0, 0.1) is 5.92 Å². The van der Waals surface area contributed by atoms with E-state index in [1.54, 1.807) is 0 Å². The van der Waals surface area contributed by atoms with Gasteiger partial charge >= 0.3 is 12.0 Å². The maximum absolute atomic E-state index is 12.9. The molecule has 0 unspecified atom stereocenters. The first-order valence-corrected chi connectivity index (χ1v) is 20.2. The third-order valence-electron chi connectivity index (χ3n) is 11.5. The van der Waals surface area contributed by atoms with Crippen LogP contribution in [0.2, 0.25) is 0 Å². The number of methoxy groups -OCH3 is 1. The van der Waals surface area contributed by atoms with Crippen molar-refractivity contribution in [2.45, 2.75) is 64.0 Å². The van der Waals surface area contributed by atoms with Crippen LogP contribution < -0.4 is 10.6 Å². The molecule has 1 aliphatic heterocycles. The number of urea groups is 1. The molecule has 1 fully saturated rings. The van der Waals surface area contributed by atoms with Gasteiger partial charge in [0.25, 0.3) is 0 Å². The highest BCUT2D eigenvalue weighted by molar-refractivity contribution is 5.84. The van der Waals surface area contributed by atoms with Crippen LogP contribution in [0.4, 0.5) is 4.79 Å². The van der Waals surface area contributed by atoms with E-state index in [0.717, 1.165) is 38.9 Å². The van der Waals surface area contributed by atoms with E-state index in [2.05, 4.69) is 103 Å². The quantitative estimate of drug-likeness (QED) is 0.0945. The zero-order valence-corrected chi connectivity index (χ0v) is 34.1. The molecule has 6 aromatic carbocycles. The molecule has 3 N–H and O–H groups in total. The molecule has 9 heteroatoms. The Hall–Kier alpha value is -5.84. The standard InChI is InChI=1S/C50H53N3O6/c1-33-46(31-53(3)34(2)42-26-23-38-14-8-9-15-44(38)29-42)58-49(59-47(33)40-19-17-36(32-54)18-20-40)41-24-21-39(22-25-41)43-16-10-13-37(27-43)30-51-50(56)52-45(48(55)57-4)28-35-11-6-5-7-12-35/h5-27,29,33-34,45-47,49,54H,28,30-32H2,1-4H3,(H2,51,52,56)/t33-,34-,45+,46+,47+,49+/m1/s1. The molecule has 0 saturated carbocycles. The molecule has 7 rings (SSSR count). The van der Waals surface area contributed by atoms with Crippen LogP contribution in [0.1, 0.15) is 65.7 Å². The maximum Gasteiger partial charge on any atom is 0.328 e. The number of carbonyl (C=O) groups is 2. The molecule has 59 heavy (non-hydrogen) atoms. The number of aliphatic hydroxyl groups is 1. The van der Waals surface area contributed by atoms with E-state index in [-0.39, 0.29) is 37.3 Å². The van der Waals surface area contributed by atoms with Crippen LogP contribution in [-0.2, 0) is 38.6 Å². The molecule has 9 nitrogen and oxygen atoms in total. The molecule has 0 radical (unpaired) electrons. The van der Waals surface area contributed by atoms with Gasteiger partial charge in [0, 0.05) is 37.0 Å². The van der Waals surface area contributed by atoms with Gasteiger partial charge in [0.15, 0.2) is 6.29 Å². The summed E-state index contributed by atoms with van der Waals surface area (Å²) in [5.74, 6) is -0.458. The molecule has 0 aromatic heterocycles. The van der Waals surface area contributed by atoms with Crippen LogP contribution in [0.15, 0.2) is 146 Å². The minimum atomic E-state index is -0.815. The molecule has 0 bridgehead atoms. The highest BCUT2D eigenvalue weighted by Gasteiger charge is 2.39. The van der Waals surface area contributed by atoms with E-state index in [1.807, 2.05) is 78.9 Å². The number of ether oxygens (including phenoxy) is 3. The van der Waals surface area contributed by atoms with Crippen molar-refractivity contribution in [1.29, 1.82) is 0 Å². The Morgan fingerprint density at radius 3 is 2.17 bits per heavy atom. The van der Waals surface area contributed by atoms with E-state index < -0.39 is 24.3 Å². The lowest BCUT2D eigenvalue weighted by Crippen LogP contribution is -2.47. The number of hydrogen-bond donors (Lipinski definition) is 3. The van der Waals surface area contributed by atoms with Crippen molar-refractivity contribution >= 4 is 22.8 Å². The van der Waals surface area contributed by atoms with E-state index >= 15 is 0 Å². The monoisotopic (exact) mass is 791 g/mol. The SMILES string of the molecule is COC(=O)[C@H](Cc1ccccc1)NC(=O)NCc1cccc(-c2ccc([C@H]3O[C@@H](CN(C)[C@H](C)c4ccc5ccccc5c4)[C@@H](C)[C@@H](c4ccc(CO)cc4)O3)cc2)c1. The van der Waals surface area contributed by atoms with Crippen molar-refractivity contribution in [3.63, 3.8) is 0 Å². The Bertz CT molecular complexity index is 2320. The highest BCUT2D eigenvalue weighted by atomic mass is 16.7. The number of rotatable bonds is 14. The summed E-state index contributed by atoms with van der Waals surface area (Å²) >= 11 is 0. The summed E-state index contributed by atoms with van der Waals surface area (Å²) in [5, 5.41) is 17.8. The van der Waals surface area contributed by atoms with Gasteiger partial charge in [0.1, 0.15) is 6.04 Å². The van der Waals surface area contributed by atoms with Gasteiger partial charge in [0.2, 0.25) is 0 Å². The molecular formula is C50H53N3O6. The van der Waals surface area contributed by atoms with Crippen molar-refractivity contribution in [2.75, 3.05) is 20.7 Å². The Morgan fingerprint density at radius 2 is 1.44 bits per heavy atom. The summed E-state index contributed by atoms with van der Waals surface area (Å²) in [4.78, 5) is 27.7. The Morgan fingerprint density at radius 1 is 0.746 bits per heavy atom. The summed E-state index contributed by atoms with van der Waals surface area (Å²) in [6.45, 7) is 5.39. The average Bonchev–Trinajstić information content (AvgIpc) is 3.28. The van der Waals surface area contributed by atoms with Crippen LogP contribution >= 0.6 is 0 Å². The van der Waals surface area contributed by atoms with Crippen molar-refractivity contribution in [3.8, 4) is 11.1 Å². The molecule has 6 aromatic rings. The van der Waals surface area contributed by atoms with Gasteiger partial charge in [-0.2, -0.15) is 0 Å². The molecule has 2 amide bonds. The van der Waals surface area contributed by atoms with Gasteiger partial charge in [-0.05, 0) is 75.8 Å². The van der Waals surface area contributed by atoms with Crippen LogP contribution in [-0.4, -0.2) is 54.9 Å². The molecule has 0 aliphatic carbocycles. The Kier molecular flexibility index (Phi) is 13.5. The van der Waals surface area contributed by atoms with Gasteiger partial charge in [-0.1, -0.05) is 140 Å². The molecule has 1 saturated heterocycles. The Labute approximate surface area is 346 Å². The predicted molar refractivity (Wildman–Crippen MR) is 231 cm³/mol. The van der Waals surface area contributed by atoms with Gasteiger partial charge in [-0.15, -0.1) is 0 Å². The maximum atomic E-state index is 12.9. The highest BCUT2D eigenvalue weighted by Crippen LogP contribution is 2.42. The zero-order chi connectivity index (χ0) is 41.3. The first kappa shape index (κ1) is 41.3.